The Morgan fingerprint density at radius 1 is 1.08 bits per heavy atom. The highest BCUT2D eigenvalue weighted by molar-refractivity contribution is 7.99. The van der Waals surface area contributed by atoms with Crippen LogP contribution >= 0.6 is 11.8 Å². The van der Waals surface area contributed by atoms with Crippen molar-refractivity contribution >= 4 is 23.5 Å². The van der Waals surface area contributed by atoms with Gasteiger partial charge in [0, 0.05) is 35.0 Å². The van der Waals surface area contributed by atoms with Gasteiger partial charge in [-0.25, -0.2) is 0 Å². The molecule has 2 aromatic carbocycles. The summed E-state index contributed by atoms with van der Waals surface area (Å²) in [5.74, 6) is -0.325. The molecule has 0 aromatic heterocycles. The van der Waals surface area contributed by atoms with Gasteiger partial charge in [0.2, 0.25) is 5.91 Å². The van der Waals surface area contributed by atoms with E-state index in [0.717, 1.165) is 10.5 Å². The van der Waals surface area contributed by atoms with Crippen LogP contribution in [0.15, 0.2) is 59.5 Å². The fourth-order valence-electron chi connectivity index (χ4n) is 2.43. The normalized spacial score (nSPS) is 11.5. The summed E-state index contributed by atoms with van der Waals surface area (Å²) in [5.41, 5.74) is 6.72. The molecule has 1 atom stereocenters. The number of carbonyl (C=O) groups excluding carboxylic acids is 2. The summed E-state index contributed by atoms with van der Waals surface area (Å²) < 4.78 is 0. The molecule has 2 rings (SSSR count). The van der Waals surface area contributed by atoms with Gasteiger partial charge in [-0.1, -0.05) is 30.3 Å². The number of nitriles is 1. The number of nitrogens with zero attached hydrogens (tertiary/aromatic N) is 1. The Hall–Kier alpha value is -2.58. The van der Waals surface area contributed by atoms with Crippen molar-refractivity contribution in [2.75, 3.05) is 0 Å². The lowest BCUT2D eigenvalue weighted by Gasteiger charge is -2.17. The third-order valence-electron chi connectivity index (χ3n) is 3.75. The summed E-state index contributed by atoms with van der Waals surface area (Å²) in [6.07, 6.45) is 1.80. The molecule has 25 heavy (non-hydrogen) atoms. The van der Waals surface area contributed by atoms with Crippen molar-refractivity contribution in [1.82, 2.24) is 0 Å². The van der Waals surface area contributed by atoms with E-state index in [9.17, 15) is 9.59 Å². The lowest BCUT2D eigenvalue weighted by molar-refractivity contribution is -0.119. The zero-order valence-corrected chi connectivity index (χ0v) is 14.7. The van der Waals surface area contributed by atoms with Crippen molar-refractivity contribution in [3.63, 3.8) is 0 Å². The summed E-state index contributed by atoms with van der Waals surface area (Å²) in [7, 11) is 0. The second kappa shape index (κ2) is 9.65. The molecule has 0 fully saturated rings. The number of benzene rings is 2. The molecule has 0 spiro atoms. The van der Waals surface area contributed by atoms with E-state index in [4.69, 9.17) is 11.0 Å². The number of thioether (sulfide) groups is 1. The molecular formula is C20H20N2O2S. The number of ketones is 1. The van der Waals surface area contributed by atoms with Crippen LogP contribution in [0.2, 0.25) is 0 Å². The van der Waals surface area contributed by atoms with E-state index in [0.29, 0.717) is 31.2 Å². The third kappa shape index (κ3) is 6.09. The van der Waals surface area contributed by atoms with Crippen LogP contribution in [0.5, 0.6) is 0 Å². The molecule has 0 aliphatic carbocycles. The molecule has 0 aliphatic rings. The first-order valence-corrected chi connectivity index (χ1v) is 8.98. The molecule has 1 unspecified atom stereocenters. The molecule has 2 aromatic rings. The van der Waals surface area contributed by atoms with Crippen molar-refractivity contribution in [3.8, 4) is 6.07 Å². The van der Waals surface area contributed by atoms with Crippen molar-refractivity contribution in [2.24, 2.45) is 5.73 Å². The molecule has 5 heteroatoms. The SMILES string of the molecule is N#CCCCC(=O)CC(Sc1ccccc1)c1ccc(C(N)=O)cc1. The maximum absolute atomic E-state index is 12.3. The number of nitrogens with two attached hydrogens (primary N) is 1. The van der Waals surface area contributed by atoms with Crippen LogP contribution in [0.1, 0.15) is 46.9 Å². The van der Waals surface area contributed by atoms with Crippen LogP contribution in [0, 0.1) is 11.3 Å². The monoisotopic (exact) mass is 352 g/mol. The first-order valence-electron chi connectivity index (χ1n) is 8.10. The van der Waals surface area contributed by atoms with E-state index in [-0.39, 0.29) is 11.0 Å². The van der Waals surface area contributed by atoms with Gasteiger partial charge in [-0.3, -0.25) is 9.59 Å². The van der Waals surface area contributed by atoms with E-state index in [1.54, 1.807) is 23.9 Å². The van der Waals surface area contributed by atoms with E-state index in [1.165, 1.54) is 0 Å². The highest BCUT2D eigenvalue weighted by Crippen LogP contribution is 2.38. The number of hydrogen-bond donors (Lipinski definition) is 1. The van der Waals surface area contributed by atoms with Crippen LogP contribution in [0.3, 0.4) is 0 Å². The van der Waals surface area contributed by atoms with Crippen LogP contribution in [-0.2, 0) is 4.79 Å². The number of hydrogen-bond acceptors (Lipinski definition) is 4. The van der Waals surface area contributed by atoms with Gasteiger partial charge >= 0.3 is 0 Å². The molecule has 0 saturated carbocycles. The highest BCUT2D eigenvalue weighted by Gasteiger charge is 2.18. The third-order valence-corrected chi connectivity index (χ3v) is 5.01. The first kappa shape index (κ1) is 18.8. The topological polar surface area (TPSA) is 83.9 Å². The maximum atomic E-state index is 12.3. The van der Waals surface area contributed by atoms with E-state index < -0.39 is 5.91 Å². The quantitative estimate of drug-likeness (QED) is 0.539. The predicted octanol–water partition coefficient (Wildman–Crippen LogP) is 4.27. The standard InChI is InChI=1S/C20H20N2O2S/c21-13-5-4-6-17(23)14-19(25-18-7-2-1-3-8-18)15-9-11-16(12-10-15)20(22)24/h1-3,7-12,19H,4-6,14H2,(H2,22,24). The lowest BCUT2D eigenvalue weighted by Crippen LogP contribution is -2.11. The zero-order chi connectivity index (χ0) is 18.1. The predicted molar refractivity (Wildman–Crippen MR) is 99.1 cm³/mol. The first-order chi connectivity index (χ1) is 12.1. The molecule has 0 aliphatic heterocycles. The number of Topliss-reactive ketones (excluding diaryl/α,β-unsaturated/α-hetero) is 1. The average Bonchev–Trinajstić information content (AvgIpc) is 2.62. The van der Waals surface area contributed by atoms with Gasteiger partial charge in [0.05, 0.1) is 6.07 Å². The van der Waals surface area contributed by atoms with Crippen molar-refractivity contribution in [1.29, 1.82) is 5.26 Å². The van der Waals surface area contributed by atoms with E-state index >= 15 is 0 Å². The van der Waals surface area contributed by atoms with Gasteiger partial charge in [0.15, 0.2) is 0 Å². The van der Waals surface area contributed by atoms with Crippen molar-refractivity contribution in [2.45, 2.75) is 35.8 Å². The van der Waals surface area contributed by atoms with Crippen molar-refractivity contribution < 1.29 is 9.59 Å². The Balaban J connectivity index is 2.14. The molecule has 1 amide bonds. The fourth-order valence-corrected chi connectivity index (χ4v) is 3.63. The lowest BCUT2D eigenvalue weighted by atomic mass is 10.0. The maximum Gasteiger partial charge on any atom is 0.248 e. The Morgan fingerprint density at radius 3 is 2.36 bits per heavy atom. The minimum atomic E-state index is -0.466. The Bertz CT molecular complexity index is 752. The second-order valence-corrected chi connectivity index (χ2v) is 6.94. The smallest absolute Gasteiger partial charge is 0.248 e. The van der Waals surface area contributed by atoms with Gasteiger partial charge in [0.25, 0.3) is 0 Å². The molecule has 2 N–H and O–H groups in total. The van der Waals surface area contributed by atoms with E-state index in [1.807, 2.05) is 42.5 Å². The largest absolute Gasteiger partial charge is 0.366 e. The molecule has 4 nitrogen and oxygen atoms in total. The van der Waals surface area contributed by atoms with Gasteiger partial charge in [0.1, 0.15) is 5.78 Å². The molecule has 0 saturated heterocycles. The van der Waals surface area contributed by atoms with Crippen LogP contribution < -0.4 is 5.73 Å². The molecule has 0 radical (unpaired) electrons. The molecular weight excluding hydrogens is 332 g/mol. The average molecular weight is 352 g/mol. The second-order valence-electron chi connectivity index (χ2n) is 5.66. The number of carbonyl (C=O) groups is 2. The Kier molecular flexibility index (Phi) is 7.24. The summed E-state index contributed by atoms with van der Waals surface area (Å²) in [6.45, 7) is 0. The molecule has 0 heterocycles. The number of amides is 1. The molecule has 128 valence electrons. The minimum Gasteiger partial charge on any atom is -0.366 e. The summed E-state index contributed by atoms with van der Waals surface area (Å²) >= 11 is 1.62. The van der Waals surface area contributed by atoms with Crippen molar-refractivity contribution in [3.05, 3.63) is 65.7 Å². The van der Waals surface area contributed by atoms with Gasteiger partial charge in [-0.2, -0.15) is 5.26 Å². The number of primary amides is 1. The van der Waals surface area contributed by atoms with Crippen LogP contribution in [0.4, 0.5) is 0 Å². The van der Waals surface area contributed by atoms with Gasteiger partial charge in [-0.15, -0.1) is 11.8 Å². The van der Waals surface area contributed by atoms with Gasteiger partial charge in [-0.05, 0) is 36.2 Å². The summed E-state index contributed by atoms with van der Waals surface area (Å²) in [4.78, 5) is 24.6. The van der Waals surface area contributed by atoms with Crippen LogP contribution in [0.25, 0.3) is 0 Å². The highest BCUT2D eigenvalue weighted by atomic mass is 32.2. The molecule has 0 bridgehead atoms. The zero-order valence-electron chi connectivity index (χ0n) is 13.9. The van der Waals surface area contributed by atoms with Crippen LogP contribution in [-0.4, -0.2) is 11.7 Å². The number of rotatable bonds is 9. The number of unbranched alkanes of at least 4 members (excludes halogenated alkanes) is 1. The fraction of sp³-hybridized carbons (Fsp3) is 0.250. The van der Waals surface area contributed by atoms with E-state index in [2.05, 4.69) is 6.07 Å². The summed E-state index contributed by atoms with van der Waals surface area (Å²) in [6, 6.07) is 19.0. The summed E-state index contributed by atoms with van der Waals surface area (Å²) in [5, 5.41) is 8.56. The van der Waals surface area contributed by atoms with Gasteiger partial charge < -0.3 is 5.73 Å². The minimum absolute atomic E-state index is 0.0427. The Morgan fingerprint density at radius 2 is 1.76 bits per heavy atom. The Labute approximate surface area is 152 Å².